The number of hydrogen-bond donors (Lipinski definition) is 1. The Morgan fingerprint density at radius 2 is 1.91 bits per heavy atom. The first-order chi connectivity index (χ1) is 10.8. The van der Waals surface area contributed by atoms with Crippen molar-refractivity contribution >= 4 is 27.4 Å². The van der Waals surface area contributed by atoms with Crippen LogP contribution < -0.4 is 5.32 Å². The minimum atomic E-state index is -3.29. The zero-order valence-electron chi connectivity index (χ0n) is 12.6. The van der Waals surface area contributed by atoms with Crippen LogP contribution in [0.5, 0.6) is 0 Å². The lowest BCUT2D eigenvalue weighted by molar-refractivity contribution is -0.383. The molecule has 1 aromatic carbocycles. The monoisotopic (exact) mass is 342 g/mol. The highest BCUT2D eigenvalue weighted by atomic mass is 32.2. The van der Waals surface area contributed by atoms with Gasteiger partial charge in [0.25, 0.3) is 5.69 Å². The van der Waals surface area contributed by atoms with Gasteiger partial charge < -0.3 is 10.2 Å². The summed E-state index contributed by atoms with van der Waals surface area (Å²) in [6.45, 7) is 1.19. The highest BCUT2D eigenvalue weighted by Crippen LogP contribution is 2.23. The van der Waals surface area contributed by atoms with E-state index in [9.17, 15) is 23.3 Å². The van der Waals surface area contributed by atoms with E-state index in [0.29, 0.717) is 19.5 Å². The van der Waals surface area contributed by atoms with E-state index in [1.807, 2.05) is 0 Å². The number of nitrogens with one attached hydrogen (secondary N) is 1. The number of sulfonamides is 1. The summed E-state index contributed by atoms with van der Waals surface area (Å²) < 4.78 is 24.4. The van der Waals surface area contributed by atoms with Crippen LogP contribution in [0.2, 0.25) is 0 Å². The first-order valence-electron chi connectivity index (χ1n) is 7.03. The molecule has 1 N–H and O–H groups in total. The molecule has 0 radical (unpaired) electrons. The minimum absolute atomic E-state index is 0.117. The Kier molecular flexibility index (Phi) is 5.16. The minimum Gasteiger partial charge on any atom is -0.323 e. The van der Waals surface area contributed by atoms with Gasteiger partial charge in [-0.3, -0.25) is 10.1 Å². The van der Waals surface area contributed by atoms with Crippen molar-refractivity contribution in [2.45, 2.75) is 6.42 Å². The van der Waals surface area contributed by atoms with Crippen molar-refractivity contribution in [2.75, 3.05) is 37.8 Å². The Hall–Kier alpha value is -2.20. The predicted octanol–water partition coefficient (Wildman–Crippen LogP) is 1.09. The van der Waals surface area contributed by atoms with Crippen LogP contribution in [0, 0.1) is 10.1 Å². The van der Waals surface area contributed by atoms with Crippen molar-refractivity contribution in [3.05, 3.63) is 34.4 Å². The number of amides is 2. The third-order valence-electron chi connectivity index (χ3n) is 3.55. The number of carbonyl (C=O) groups excluding carboxylic acids is 1. The molecule has 0 unspecified atom stereocenters. The van der Waals surface area contributed by atoms with Gasteiger partial charge in [-0.25, -0.2) is 17.5 Å². The molecule has 1 saturated heterocycles. The van der Waals surface area contributed by atoms with E-state index in [-0.39, 0.29) is 24.5 Å². The largest absolute Gasteiger partial charge is 0.323 e. The summed E-state index contributed by atoms with van der Waals surface area (Å²) in [6.07, 6.45) is 1.65. The smallest absolute Gasteiger partial charge is 0.322 e. The first kappa shape index (κ1) is 17.2. The number of benzene rings is 1. The number of hydrogen-bond acceptors (Lipinski definition) is 5. The maximum atomic E-state index is 12.3. The molecule has 0 aromatic heterocycles. The maximum Gasteiger partial charge on any atom is 0.322 e. The second-order valence-corrected chi connectivity index (χ2v) is 7.19. The predicted molar refractivity (Wildman–Crippen MR) is 84.7 cm³/mol. The molecule has 0 bridgehead atoms. The number of nitrogens with zero attached hydrogens (tertiary/aromatic N) is 3. The molecule has 126 valence electrons. The standard InChI is InChI=1S/C13H18N4O5S/c1-23(21,22)16-8-4-7-15(9-10-16)13(18)14-11-5-2-3-6-12(11)17(19)20/h2-3,5-6H,4,7-10H2,1H3,(H,14,18). The number of para-hydroxylation sites is 2. The van der Waals surface area contributed by atoms with Gasteiger partial charge in [-0.2, -0.15) is 0 Å². The fourth-order valence-corrected chi connectivity index (χ4v) is 3.24. The van der Waals surface area contributed by atoms with Crippen LogP contribution in [0.3, 0.4) is 0 Å². The molecule has 1 heterocycles. The molecule has 0 saturated carbocycles. The maximum absolute atomic E-state index is 12.3. The van der Waals surface area contributed by atoms with Crippen LogP contribution >= 0.6 is 0 Å². The lowest BCUT2D eigenvalue weighted by Crippen LogP contribution is -2.39. The van der Waals surface area contributed by atoms with Crippen LogP contribution in [-0.2, 0) is 10.0 Å². The summed E-state index contributed by atoms with van der Waals surface area (Å²) in [5.41, 5.74) is -0.0693. The fraction of sp³-hybridized carbons (Fsp3) is 0.462. The second kappa shape index (κ2) is 6.92. The molecule has 1 aliphatic rings. The van der Waals surface area contributed by atoms with Gasteiger partial charge in [0.1, 0.15) is 5.69 Å². The van der Waals surface area contributed by atoms with Crippen molar-refractivity contribution in [1.82, 2.24) is 9.21 Å². The number of nitro groups is 1. The molecule has 1 aromatic rings. The van der Waals surface area contributed by atoms with Gasteiger partial charge in [0, 0.05) is 32.2 Å². The second-order valence-electron chi connectivity index (χ2n) is 5.21. The molecule has 10 heteroatoms. The quantitative estimate of drug-likeness (QED) is 0.652. The Labute approximate surface area is 134 Å². The average molecular weight is 342 g/mol. The molecule has 9 nitrogen and oxygen atoms in total. The highest BCUT2D eigenvalue weighted by Gasteiger charge is 2.25. The molecule has 1 fully saturated rings. The molecular weight excluding hydrogens is 324 g/mol. The van der Waals surface area contributed by atoms with E-state index < -0.39 is 21.0 Å². The van der Waals surface area contributed by atoms with Crippen molar-refractivity contribution in [2.24, 2.45) is 0 Å². The number of anilines is 1. The summed E-state index contributed by atoms with van der Waals surface area (Å²) >= 11 is 0. The number of carbonyl (C=O) groups is 1. The molecule has 0 spiro atoms. The van der Waals surface area contributed by atoms with Gasteiger partial charge in [-0.05, 0) is 12.5 Å². The van der Waals surface area contributed by atoms with Crippen LogP contribution in [-0.4, -0.2) is 61.0 Å². The van der Waals surface area contributed by atoms with E-state index in [1.54, 1.807) is 6.07 Å². The van der Waals surface area contributed by atoms with Gasteiger partial charge in [0.05, 0.1) is 11.2 Å². The van der Waals surface area contributed by atoms with E-state index in [2.05, 4.69) is 5.32 Å². The molecule has 1 aliphatic heterocycles. The molecule has 2 rings (SSSR count). The van der Waals surface area contributed by atoms with Crippen molar-refractivity contribution in [1.29, 1.82) is 0 Å². The SMILES string of the molecule is CS(=O)(=O)N1CCCN(C(=O)Nc2ccccc2[N+](=O)[O-])CC1. The lowest BCUT2D eigenvalue weighted by atomic mass is 10.2. The Morgan fingerprint density at radius 3 is 2.57 bits per heavy atom. The highest BCUT2D eigenvalue weighted by molar-refractivity contribution is 7.88. The van der Waals surface area contributed by atoms with Gasteiger partial charge in [-0.1, -0.05) is 12.1 Å². The van der Waals surface area contributed by atoms with Crippen LogP contribution in [0.1, 0.15) is 6.42 Å². The zero-order chi connectivity index (χ0) is 17.0. The van der Waals surface area contributed by atoms with Crippen molar-refractivity contribution in [3.8, 4) is 0 Å². The third-order valence-corrected chi connectivity index (χ3v) is 4.86. The summed E-state index contributed by atoms with van der Waals surface area (Å²) in [4.78, 5) is 24.1. The average Bonchev–Trinajstić information content (AvgIpc) is 2.73. The fourth-order valence-electron chi connectivity index (χ4n) is 2.36. The Balaban J connectivity index is 2.06. The molecule has 2 amide bonds. The lowest BCUT2D eigenvalue weighted by Gasteiger charge is -2.21. The Morgan fingerprint density at radius 1 is 1.22 bits per heavy atom. The summed E-state index contributed by atoms with van der Waals surface area (Å²) in [6, 6.07) is 5.40. The summed E-state index contributed by atoms with van der Waals surface area (Å²) in [7, 11) is -3.29. The summed E-state index contributed by atoms with van der Waals surface area (Å²) in [5, 5.41) is 13.5. The normalized spacial score (nSPS) is 16.7. The molecule has 0 atom stereocenters. The van der Waals surface area contributed by atoms with Crippen LogP contribution in [0.4, 0.5) is 16.2 Å². The van der Waals surface area contributed by atoms with Crippen LogP contribution in [0.15, 0.2) is 24.3 Å². The molecular formula is C13H18N4O5S. The molecule has 23 heavy (non-hydrogen) atoms. The van der Waals surface area contributed by atoms with Crippen molar-refractivity contribution in [3.63, 3.8) is 0 Å². The van der Waals surface area contributed by atoms with Gasteiger partial charge in [0.2, 0.25) is 10.0 Å². The Bertz CT molecular complexity index is 706. The summed E-state index contributed by atoms with van der Waals surface area (Å²) in [5.74, 6) is 0. The first-order valence-corrected chi connectivity index (χ1v) is 8.88. The van der Waals surface area contributed by atoms with E-state index >= 15 is 0 Å². The van der Waals surface area contributed by atoms with Crippen LogP contribution in [0.25, 0.3) is 0 Å². The van der Waals surface area contributed by atoms with Gasteiger partial charge >= 0.3 is 6.03 Å². The van der Waals surface area contributed by atoms with Crippen molar-refractivity contribution < 1.29 is 18.1 Å². The van der Waals surface area contributed by atoms with Gasteiger partial charge in [-0.15, -0.1) is 0 Å². The van der Waals surface area contributed by atoms with E-state index in [4.69, 9.17) is 0 Å². The zero-order valence-corrected chi connectivity index (χ0v) is 13.5. The van der Waals surface area contributed by atoms with E-state index in [0.717, 1.165) is 6.26 Å². The third kappa shape index (κ3) is 4.39. The topological polar surface area (TPSA) is 113 Å². The number of nitro benzene ring substituents is 1. The number of rotatable bonds is 3. The molecule has 0 aliphatic carbocycles. The van der Waals surface area contributed by atoms with Gasteiger partial charge in [0.15, 0.2) is 0 Å². The number of urea groups is 1. The van der Waals surface area contributed by atoms with E-state index in [1.165, 1.54) is 27.4 Å².